The van der Waals surface area contributed by atoms with Crippen LogP contribution >= 0.6 is 0 Å². The molecule has 4 aromatic rings. The van der Waals surface area contributed by atoms with Crippen molar-refractivity contribution in [3.63, 3.8) is 0 Å². The summed E-state index contributed by atoms with van der Waals surface area (Å²) in [6.07, 6.45) is 0. The largest absolute Gasteiger partial charge is 0.497 e. The van der Waals surface area contributed by atoms with Gasteiger partial charge in [-0.15, -0.1) is 0 Å². The van der Waals surface area contributed by atoms with Crippen molar-refractivity contribution in [1.82, 2.24) is 14.8 Å². The highest BCUT2D eigenvalue weighted by molar-refractivity contribution is 6.13. The first-order valence-electron chi connectivity index (χ1n) is 9.44. The van der Waals surface area contributed by atoms with Gasteiger partial charge in [0.1, 0.15) is 11.5 Å². The Labute approximate surface area is 174 Å². The Bertz CT molecular complexity index is 1230. The summed E-state index contributed by atoms with van der Waals surface area (Å²) in [6, 6.07) is 16.6. The summed E-state index contributed by atoms with van der Waals surface area (Å²) in [5, 5.41) is 8.15. The number of anilines is 1. The highest BCUT2D eigenvalue weighted by atomic mass is 16.5. The van der Waals surface area contributed by atoms with E-state index in [1.165, 1.54) is 0 Å². The number of pyridine rings is 1. The Balaban J connectivity index is 1.81. The molecule has 2 aromatic carbocycles. The van der Waals surface area contributed by atoms with Crippen molar-refractivity contribution in [3.8, 4) is 22.8 Å². The van der Waals surface area contributed by atoms with E-state index in [9.17, 15) is 4.79 Å². The van der Waals surface area contributed by atoms with Crippen LogP contribution in [0.5, 0.6) is 11.5 Å². The molecule has 1 N–H and O–H groups in total. The first-order valence-corrected chi connectivity index (χ1v) is 9.44. The molecule has 0 atom stereocenters. The summed E-state index contributed by atoms with van der Waals surface area (Å²) in [4.78, 5) is 18.0. The maximum absolute atomic E-state index is 13.2. The molecule has 4 rings (SSSR count). The fourth-order valence-electron chi connectivity index (χ4n) is 3.43. The van der Waals surface area contributed by atoms with Gasteiger partial charge in [0.15, 0.2) is 5.65 Å². The molecule has 0 aliphatic rings. The van der Waals surface area contributed by atoms with Gasteiger partial charge in [0.05, 0.1) is 36.6 Å². The number of hydrogen-bond acceptors (Lipinski definition) is 5. The van der Waals surface area contributed by atoms with Crippen LogP contribution in [0.3, 0.4) is 0 Å². The summed E-state index contributed by atoms with van der Waals surface area (Å²) in [5.41, 5.74) is 4.11. The van der Waals surface area contributed by atoms with E-state index < -0.39 is 0 Å². The van der Waals surface area contributed by atoms with Gasteiger partial charge in [0.25, 0.3) is 5.91 Å². The average molecular weight is 402 g/mol. The van der Waals surface area contributed by atoms with Crippen LogP contribution in [0.25, 0.3) is 22.3 Å². The topological polar surface area (TPSA) is 78.3 Å². The number of fused-ring (bicyclic) bond motifs is 1. The van der Waals surface area contributed by atoms with Gasteiger partial charge < -0.3 is 14.8 Å². The lowest BCUT2D eigenvalue weighted by Crippen LogP contribution is -2.13. The van der Waals surface area contributed by atoms with Gasteiger partial charge in [-0.2, -0.15) is 5.10 Å². The van der Waals surface area contributed by atoms with Gasteiger partial charge in [0.2, 0.25) is 0 Å². The van der Waals surface area contributed by atoms with Gasteiger partial charge in [-0.3, -0.25) is 9.48 Å². The number of hydrogen-bond donors (Lipinski definition) is 1. The number of ether oxygens (including phenoxy) is 2. The van der Waals surface area contributed by atoms with Crippen LogP contribution in [0, 0.1) is 6.92 Å². The molecule has 7 heteroatoms. The number of carbonyl (C=O) groups excluding carboxylic acids is 1. The third kappa shape index (κ3) is 3.57. The predicted molar refractivity (Wildman–Crippen MR) is 116 cm³/mol. The Hall–Kier alpha value is -3.87. The number of rotatable bonds is 5. The molecule has 0 fully saturated rings. The average Bonchev–Trinajstić information content (AvgIpc) is 3.07. The number of nitrogens with one attached hydrogen (secondary N) is 1. The van der Waals surface area contributed by atoms with E-state index >= 15 is 0 Å². The number of methoxy groups -OCH3 is 2. The number of aromatic nitrogens is 3. The molecule has 1 amide bonds. The summed E-state index contributed by atoms with van der Waals surface area (Å²) in [5.74, 6) is 1.22. The van der Waals surface area contributed by atoms with Crippen LogP contribution in [0.2, 0.25) is 0 Å². The Kier molecular flexibility index (Phi) is 5.10. The highest BCUT2D eigenvalue weighted by Gasteiger charge is 2.19. The van der Waals surface area contributed by atoms with Crippen LogP contribution in [0.4, 0.5) is 5.69 Å². The van der Waals surface area contributed by atoms with Gasteiger partial charge >= 0.3 is 0 Å². The van der Waals surface area contributed by atoms with Crippen LogP contribution in [-0.2, 0) is 7.05 Å². The quantitative estimate of drug-likeness (QED) is 0.541. The first-order chi connectivity index (χ1) is 14.5. The van der Waals surface area contributed by atoms with Crippen molar-refractivity contribution in [2.75, 3.05) is 19.5 Å². The van der Waals surface area contributed by atoms with E-state index in [1.807, 2.05) is 38.2 Å². The summed E-state index contributed by atoms with van der Waals surface area (Å²) >= 11 is 0. The minimum Gasteiger partial charge on any atom is -0.497 e. The smallest absolute Gasteiger partial charge is 0.256 e. The number of benzene rings is 2. The Morgan fingerprint density at radius 2 is 1.73 bits per heavy atom. The molecular weight excluding hydrogens is 380 g/mol. The maximum Gasteiger partial charge on any atom is 0.256 e. The summed E-state index contributed by atoms with van der Waals surface area (Å²) in [6.45, 7) is 1.87. The van der Waals surface area contributed by atoms with Gasteiger partial charge in [0, 0.05) is 18.3 Å². The number of aryl methyl sites for hydroxylation is 2. The van der Waals surface area contributed by atoms with E-state index in [0.717, 1.165) is 28.1 Å². The van der Waals surface area contributed by atoms with Crippen LogP contribution in [0.1, 0.15) is 16.1 Å². The van der Waals surface area contributed by atoms with Crippen LogP contribution in [-0.4, -0.2) is 34.9 Å². The van der Waals surface area contributed by atoms with Gasteiger partial charge in [-0.25, -0.2) is 4.98 Å². The molecule has 30 heavy (non-hydrogen) atoms. The van der Waals surface area contributed by atoms with E-state index in [2.05, 4.69) is 10.4 Å². The SMILES string of the molecule is COc1ccc(NC(=O)c2cc(-c3cccc(OC)c3)nc3c2c(C)nn3C)cc1. The standard InChI is InChI=1S/C23H22N4O3/c1-14-21-19(23(28)24-16-8-10-17(29-3)11-9-16)13-20(25-22(21)27(2)26-14)15-6-5-7-18(12-15)30-4/h5-13H,1-4H3,(H,24,28). The fraction of sp³-hybridized carbons (Fsp3) is 0.174. The lowest BCUT2D eigenvalue weighted by molar-refractivity contribution is 0.102. The first kappa shape index (κ1) is 19.4. The molecule has 0 unspecified atom stereocenters. The van der Waals surface area contributed by atoms with Crippen molar-refractivity contribution in [2.45, 2.75) is 6.92 Å². The lowest BCUT2D eigenvalue weighted by Gasteiger charge is -2.10. The molecule has 0 saturated heterocycles. The van der Waals surface area contributed by atoms with Crippen LogP contribution in [0.15, 0.2) is 54.6 Å². The minimum atomic E-state index is -0.229. The molecule has 0 aliphatic heterocycles. The summed E-state index contributed by atoms with van der Waals surface area (Å²) in [7, 11) is 5.05. The number of amides is 1. The second kappa shape index (κ2) is 7.87. The van der Waals surface area contributed by atoms with E-state index in [1.54, 1.807) is 49.2 Å². The normalized spacial score (nSPS) is 10.8. The second-order valence-corrected chi connectivity index (χ2v) is 6.88. The molecule has 152 valence electrons. The third-order valence-corrected chi connectivity index (χ3v) is 4.93. The molecule has 2 heterocycles. The predicted octanol–water partition coefficient (Wildman–Crippen LogP) is 4.21. The maximum atomic E-state index is 13.2. The molecule has 0 spiro atoms. The molecule has 0 aliphatic carbocycles. The van der Waals surface area contributed by atoms with Crippen LogP contribution < -0.4 is 14.8 Å². The Morgan fingerprint density at radius 1 is 1.00 bits per heavy atom. The van der Waals surface area contributed by atoms with Crippen molar-refractivity contribution < 1.29 is 14.3 Å². The number of nitrogens with zero attached hydrogens (tertiary/aromatic N) is 3. The molecule has 0 bridgehead atoms. The third-order valence-electron chi connectivity index (χ3n) is 4.93. The molecular formula is C23H22N4O3. The minimum absolute atomic E-state index is 0.229. The monoisotopic (exact) mass is 402 g/mol. The van der Waals surface area contributed by atoms with E-state index in [-0.39, 0.29) is 5.91 Å². The fourth-order valence-corrected chi connectivity index (χ4v) is 3.43. The van der Waals surface area contributed by atoms with Crippen molar-refractivity contribution in [3.05, 3.63) is 65.9 Å². The van der Waals surface area contributed by atoms with E-state index in [0.29, 0.717) is 22.6 Å². The number of carbonyl (C=O) groups is 1. The van der Waals surface area contributed by atoms with E-state index in [4.69, 9.17) is 14.5 Å². The zero-order valence-corrected chi connectivity index (χ0v) is 17.3. The van der Waals surface area contributed by atoms with Crippen molar-refractivity contribution >= 4 is 22.6 Å². The van der Waals surface area contributed by atoms with Gasteiger partial charge in [-0.1, -0.05) is 12.1 Å². The van der Waals surface area contributed by atoms with Gasteiger partial charge in [-0.05, 0) is 49.4 Å². The van der Waals surface area contributed by atoms with Crippen molar-refractivity contribution in [2.24, 2.45) is 7.05 Å². The zero-order chi connectivity index (χ0) is 21.3. The molecule has 0 saturated carbocycles. The second-order valence-electron chi connectivity index (χ2n) is 6.88. The van der Waals surface area contributed by atoms with Crippen molar-refractivity contribution in [1.29, 1.82) is 0 Å². The summed E-state index contributed by atoms with van der Waals surface area (Å²) < 4.78 is 12.2. The Morgan fingerprint density at radius 3 is 2.43 bits per heavy atom. The highest BCUT2D eigenvalue weighted by Crippen LogP contribution is 2.29. The molecule has 0 radical (unpaired) electrons. The lowest BCUT2D eigenvalue weighted by atomic mass is 10.0. The molecule has 2 aromatic heterocycles. The zero-order valence-electron chi connectivity index (χ0n) is 17.3. The molecule has 7 nitrogen and oxygen atoms in total.